The number of methoxy groups -OCH3 is 1. The molecule has 0 saturated carbocycles. The number of aromatic amines is 1. The second-order valence-electron chi connectivity index (χ2n) is 6.44. The first-order chi connectivity index (χ1) is 12.0. The Morgan fingerprint density at radius 2 is 2.24 bits per heavy atom. The average molecular weight is 393 g/mol. The first-order valence-electron chi connectivity index (χ1n) is 8.13. The molecule has 0 radical (unpaired) electrons. The lowest BCUT2D eigenvalue weighted by Gasteiger charge is -2.17. The molecule has 1 aliphatic carbocycles. The second-order valence-corrected chi connectivity index (χ2v) is 8.37. The molecule has 4 nitrogen and oxygen atoms in total. The van der Waals surface area contributed by atoms with E-state index in [9.17, 15) is 4.79 Å². The third-order valence-electron chi connectivity index (χ3n) is 4.73. The number of nitrogens with one attached hydrogen (secondary N) is 1. The number of rotatable bonds is 2. The van der Waals surface area contributed by atoms with E-state index >= 15 is 0 Å². The molecule has 25 heavy (non-hydrogen) atoms. The van der Waals surface area contributed by atoms with E-state index in [1.165, 1.54) is 15.0 Å². The summed E-state index contributed by atoms with van der Waals surface area (Å²) in [4.78, 5) is 18.7. The molecule has 2 aromatic heterocycles. The van der Waals surface area contributed by atoms with Gasteiger partial charge in [0.05, 0.1) is 18.2 Å². The van der Waals surface area contributed by atoms with Gasteiger partial charge in [-0.15, -0.1) is 11.3 Å². The highest BCUT2D eigenvalue weighted by molar-refractivity contribution is 7.71. The molecule has 1 aliphatic rings. The summed E-state index contributed by atoms with van der Waals surface area (Å²) >= 11 is 13.3. The zero-order valence-corrected chi connectivity index (χ0v) is 16.3. The zero-order valence-electron chi connectivity index (χ0n) is 13.9. The Balaban J connectivity index is 2.05. The predicted molar refractivity (Wildman–Crippen MR) is 105 cm³/mol. The molecule has 1 N–H and O–H groups in total. The Bertz CT molecular complexity index is 1100. The van der Waals surface area contributed by atoms with E-state index < -0.39 is 0 Å². The Kier molecular flexibility index (Phi) is 4.22. The van der Waals surface area contributed by atoms with Gasteiger partial charge in [-0.1, -0.05) is 18.5 Å². The van der Waals surface area contributed by atoms with Gasteiger partial charge >= 0.3 is 0 Å². The Morgan fingerprint density at radius 3 is 3.00 bits per heavy atom. The van der Waals surface area contributed by atoms with Crippen molar-refractivity contribution in [3.05, 3.63) is 48.8 Å². The second kappa shape index (κ2) is 6.27. The van der Waals surface area contributed by atoms with Gasteiger partial charge in [0.2, 0.25) is 0 Å². The topological polar surface area (TPSA) is 47.0 Å². The van der Waals surface area contributed by atoms with Crippen LogP contribution in [0, 0.1) is 10.7 Å². The number of ether oxygens (including phenoxy) is 1. The maximum atomic E-state index is 13.3. The summed E-state index contributed by atoms with van der Waals surface area (Å²) in [5.74, 6) is 1.21. The molecule has 130 valence electrons. The van der Waals surface area contributed by atoms with Crippen LogP contribution < -0.4 is 10.3 Å². The Morgan fingerprint density at radius 1 is 1.44 bits per heavy atom. The van der Waals surface area contributed by atoms with Gasteiger partial charge in [0.25, 0.3) is 5.56 Å². The summed E-state index contributed by atoms with van der Waals surface area (Å²) in [6.45, 7) is 2.25. The summed E-state index contributed by atoms with van der Waals surface area (Å²) in [5, 5.41) is 1.28. The standard InChI is InChI=1S/C18H17ClN2O2S2/c1-9-3-5-11-14(7-9)25-16-15(11)17(22)21(18(24)20-16)12-8-10(19)4-6-13(12)23-2/h4,6,8-9H,3,5,7H2,1-2H3,(H,20,24)/t9-/m0/s1. The van der Waals surface area contributed by atoms with Gasteiger partial charge in [-0.3, -0.25) is 4.79 Å². The number of hydrogen-bond acceptors (Lipinski definition) is 4. The SMILES string of the molecule is COc1ccc(Cl)cc1-n1c(=S)[nH]c2sc3c(c2c1=O)CC[C@H](C)C3. The summed E-state index contributed by atoms with van der Waals surface area (Å²) in [7, 11) is 1.57. The number of aryl methyl sites for hydroxylation is 1. The van der Waals surface area contributed by atoms with Crippen LogP contribution in [-0.2, 0) is 12.8 Å². The lowest BCUT2D eigenvalue weighted by atomic mass is 9.89. The van der Waals surface area contributed by atoms with E-state index in [4.69, 9.17) is 28.6 Å². The van der Waals surface area contributed by atoms with Crippen molar-refractivity contribution in [2.75, 3.05) is 7.11 Å². The van der Waals surface area contributed by atoms with Crippen molar-refractivity contribution >= 4 is 45.4 Å². The molecule has 0 unspecified atom stereocenters. The summed E-state index contributed by atoms with van der Waals surface area (Å²) in [6.07, 6.45) is 3.06. The fraction of sp³-hybridized carbons (Fsp3) is 0.333. The van der Waals surface area contributed by atoms with Crippen molar-refractivity contribution in [3.63, 3.8) is 0 Å². The monoisotopic (exact) mass is 392 g/mol. The normalized spacial score (nSPS) is 16.8. The fourth-order valence-corrected chi connectivity index (χ4v) is 5.39. The predicted octanol–water partition coefficient (Wildman–Crippen LogP) is 4.90. The van der Waals surface area contributed by atoms with E-state index in [1.807, 2.05) is 0 Å². The highest BCUT2D eigenvalue weighted by atomic mass is 35.5. The number of halogens is 1. The van der Waals surface area contributed by atoms with E-state index in [0.29, 0.717) is 27.1 Å². The number of nitrogens with zero attached hydrogens (tertiary/aromatic N) is 1. The molecule has 0 bridgehead atoms. The van der Waals surface area contributed by atoms with Gasteiger partial charge in [0, 0.05) is 9.90 Å². The minimum atomic E-state index is -0.105. The van der Waals surface area contributed by atoms with Gasteiger partial charge in [0.15, 0.2) is 4.77 Å². The Hall–Kier alpha value is -1.63. The number of H-pyrrole nitrogens is 1. The summed E-state index contributed by atoms with van der Waals surface area (Å²) in [5.41, 5.74) is 1.63. The third-order valence-corrected chi connectivity index (χ3v) is 6.42. The number of fused-ring (bicyclic) bond motifs is 3. The van der Waals surface area contributed by atoms with Crippen molar-refractivity contribution < 1.29 is 4.74 Å². The molecule has 7 heteroatoms. The fourth-order valence-electron chi connectivity index (χ4n) is 3.48. The van der Waals surface area contributed by atoms with Crippen LogP contribution in [0.4, 0.5) is 0 Å². The third kappa shape index (κ3) is 2.72. The Labute approximate surface area is 159 Å². The van der Waals surface area contributed by atoms with Crippen LogP contribution in [0.25, 0.3) is 15.9 Å². The van der Waals surface area contributed by atoms with Gasteiger partial charge in [-0.05, 0) is 61.2 Å². The minimum absolute atomic E-state index is 0.105. The lowest BCUT2D eigenvalue weighted by Crippen LogP contribution is -2.22. The van der Waals surface area contributed by atoms with Crippen LogP contribution in [-0.4, -0.2) is 16.7 Å². The van der Waals surface area contributed by atoms with Crippen LogP contribution in [0.5, 0.6) is 5.75 Å². The molecule has 0 fully saturated rings. The lowest BCUT2D eigenvalue weighted by molar-refractivity contribution is 0.412. The van der Waals surface area contributed by atoms with Crippen molar-refractivity contribution in [2.45, 2.75) is 26.2 Å². The van der Waals surface area contributed by atoms with Gasteiger partial charge < -0.3 is 9.72 Å². The zero-order chi connectivity index (χ0) is 17.7. The van der Waals surface area contributed by atoms with Gasteiger partial charge in [0.1, 0.15) is 10.6 Å². The highest BCUT2D eigenvalue weighted by Gasteiger charge is 2.24. The smallest absolute Gasteiger partial charge is 0.268 e. The van der Waals surface area contributed by atoms with Crippen LogP contribution in [0.1, 0.15) is 23.8 Å². The van der Waals surface area contributed by atoms with E-state index in [2.05, 4.69) is 11.9 Å². The molecule has 2 heterocycles. The molecular formula is C18H17ClN2O2S2. The van der Waals surface area contributed by atoms with E-state index in [-0.39, 0.29) is 5.56 Å². The molecule has 0 aliphatic heterocycles. The van der Waals surface area contributed by atoms with Crippen LogP contribution in [0.2, 0.25) is 5.02 Å². The average Bonchev–Trinajstić information content (AvgIpc) is 2.92. The molecule has 3 aromatic rings. The maximum absolute atomic E-state index is 13.3. The van der Waals surface area contributed by atoms with Crippen molar-refractivity contribution in [1.29, 1.82) is 0 Å². The molecular weight excluding hydrogens is 376 g/mol. The van der Waals surface area contributed by atoms with Crippen molar-refractivity contribution in [3.8, 4) is 11.4 Å². The minimum Gasteiger partial charge on any atom is -0.495 e. The maximum Gasteiger partial charge on any atom is 0.268 e. The van der Waals surface area contributed by atoms with E-state index in [0.717, 1.165) is 29.5 Å². The molecule has 0 saturated heterocycles. The first-order valence-corrected chi connectivity index (χ1v) is 9.73. The van der Waals surface area contributed by atoms with Crippen LogP contribution in [0.3, 0.4) is 0 Å². The number of benzene rings is 1. The number of thiophene rings is 1. The largest absolute Gasteiger partial charge is 0.495 e. The number of hydrogen-bond donors (Lipinski definition) is 1. The quantitative estimate of drug-likeness (QED) is 0.631. The highest BCUT2D eigenvalue weighted by Crippen LogP contribution is 2.36. The molecule has 1 aromatic carbocycles. The van der Waals surface area contributed by atoms with Crippen molar-refractivity contribution in [2.24, 2.45) is 5.92 Å². The van der Waals surface area contributed by atoms with Crippen molar-refractivity contribution in [1.82, 2.24) is 9.55 Å². The van der Waals surface area contributed by atoms with E-state index in [1.54, 1.807) is 36.6 Å². The van der Waals surface area contributed by atoms with Crippen LogP contribution in [0.15, 0.2) is 23.0 Å². The molecule has 0 spiro atoms. The van der Waals surface area contributed by atoms with Crippen LogP contribution >= 0.6 is 35.2 Å². The molecule has 4 rings (SSSR count). The first kappa shape index (κ1) is 16.8. The number of aromatic nitrogens is 2. The molecule has 0 amide bonds. The summed E-state index contributed by atoms with van der Waals surface area (Å²) < 4.78 is 7.25. The summed E-state index contributed by atoms with van der Waals surface area (Å²) in [6, 6.07) is 5.18. The molecule has 1 atom stereocenters. The van der Waals surface area contributed by atoms with Gasteiger partial charge in [-0.2, -0.15) is 0 Å². The van der Waals surface area contributed by atoms with Gasteiger partial charge in [-0.25, -0.2) is 4.57 Å².